The van der Waals surface area contributed by atoms with E-state index in [1.807, 2.05) is 18.2 Å². The number of piperazine rings is 1. The molecule has 3 aliphatic rings. The lowest BCUT2D eigenvalue weighted by Gasteiger charge is -2.35. The van der Waals surface area contributed by atoms with Gasteiger partial charge < -0.3 is 19.7 Å². The Morgan fingerprint density at radius 2 is 2.06 bits per heavy atom. The van der Waals surface area contributed by atoms with Crippen LogP contribution in [0.5, 0.6) is 5.75 Å². The molecule has 2 heterocycles. The van der Waals surface area contributed by atoms with E-state index in [0.29, 0.717) is 35.8 Å². The molecule has 1 aliphatic carbocycles. The number of hydrogen-bond acceptors (Lipinski definition) is 7. The molecule has 1 saturated heterocycles. The van der Waals surface area contributed by atoms with Crippen LogP contribution in [0.3, 0.4) is 0 Å². The average molecular weight is 488 g/mol. The number of rotatable bonds is 10. The van der Waals surface area contributed by atoms with Crippen LogP contribution < -0.4 is 14.8 Å². The van der Waals surface area contributed by atoms with Gasteiger partial charge in [0.2, 0.25) is 0 Å². The molecule has 1 aromatic carbocycles. The zero-order valence-electron chi connectivity index (χ0n) is 18.9. The van der Waals surface area contributed by atoms with Crippen molar-refractivity contribution in [2.24, 2.45) is 0 Å². The van der Waals surface area contributed by atoms with E-state index in [1.54, 1.807) is 18.2 Å². The van der Waals surface area contributed by atoms with Gasteiger partial charge in [0.25, 0.3) is 0 Å². The molecule has 34 heavy (non-hydrogen) atoms. The highest BCUT2D eigenvalue weighted by atomic mass is 32.3. The van der Waals surface area contributed by atoms with Gasteiger partial charge in [0.1, 0.15) is 17.6 Å². The molecule has 1 aromatic rings. The number of nitrogens with one attached hydrogen (secondary N) is 2. The van der Waals surface area contributed by atoms with E-state index in [4.69, 9.17) is 9.47 Å². The van der Waals surface area contributed by atoms with Crippen molar-refractivity contribution in [3.8, 4) is 5.75 Å². The molecule has 8 heteroatoms. The fourth-order valence-electron chi connectivity index (χ4n) is 4.11. The van der Waals surface area contributed by atoms with Gasteiger partial charge in [0, 0.05) is 56.8 Å². The first-order valence-corrected chi connectivity index (χ1v) is 12.7. The highest BCUT2D eigenvalue weighted by Gasteiger charge is 2.28. The number of hydrogen-bond donors (Lipinski definition) is 4. The molecule has 0 unspecified atom stereocenters. The van der Waals surface area contributed by atoms with Crippen LogP contribution in [0.2, 0.25) is 0 Å². The summed E-state index contributed by atoms with van der Waals surface area (Å²) in [6, 6.07) is 5.94. The number of ether oxygens (including phenoxy) is 2. The van der Waals surface area contributed by atoms with Crippen LogP contribution in [0.1, 0.15) is 25.0 Å². The Kier molecular flexibility index (Phi) is 8.67. The van der Waals surface area contributed by atoms with Gasteiger partial charge in [-0.25, -0.2) is 4.72 Å². The first kappa shape index (κ1) is 26.1. The fourth-order valence-corrected chi connectivity index (χ4v) is 5.34. The molecule has 0 spiro atoms. The summed E-state index contributed by atoms with van der Waals surface area (Å²) in [4.78, 5) is 2.58. The standard InChI is InChI=1S/C25H33N3O4S.CH4/c1-4-22(15-18(2)28-12-10-26-11-13-28)32-23-7-8-25(19(23)3)33(29,30)27-17-20-5-6-21-9-14-31-24(21)16-20;/h4-8,16,22,26-27,29-30H,1-3,9-15,17H2;1H4/t22-;/m1./s1. The predicted octanol–water partition coefficient (Wildman–Crippen LogP) is 4.73. The molecule has 0 radical (unpaired) electrons. The first-order valence-electron chi connectivity index (χ1n) is 11.2. The second-order valence-electron chi connectivity index (χ2n) is 8.35. The van der Waals surface area contributed by atoms with Crippen LogP contribution in [0, 0.1) is 0 Å². The van der Waals surface area contributed by atoms with E-state index in [1.165, 1.54) is 5.56 Å². The van der Waals surface area contributed by atoms with E-state index >= 15 is 0 Å². The highest BCUT2D eigenvalue weighted by molar-refractivity contribution is 8.26. The van der Waals surface area contributed by atoms with Crippen molar-refractivity contribution in [2.45, 2.75) is 32.9 Å². The van der Waals surface area contributed by atoms with Crippen molar-refractivity contribution < 1.29 is 18.6 Å². The molecule has 4 rings (SSSR count). The van der Waals surface area contributed by atoms with Gasteiger partial charge in [-0.1, -0.05) is 45.4 Å². The zero-order chi connectivity index (χ0) is 23.4. The van der Waals surface area contributed by atoms with Crippen molar-refractivity contribution in [3.05, 3.63) is 89.2 Å². The van der Waals surface area contributed by atoms with E-state index in [0.717, 1.165) is 49.6 Å². The summed E-state index contributed by atoms with van der Waals surface area (Å²) in [6.07, 6.45) is 6.35. The topological polar surface area (TPSA) is 86.2 Å². The number of fused-ring (bicyclic) bond motifs is 1. The molecule has 0 bridgehead atoms. The minimum Gasteiger partial charge on any atom is -0.493 e. The predicted molar refractivity (Wildman–Crippen MR) is 141 cm³/mol. The van der Waals surface area contributed by atoms with E-state index < -0.39 is 10.8 Å². The Labute approximate surface area is 205 Å². The molecule has 2 aliphatic heterocycles. The summed E-state index contributed by atoms with van der Waals surface area (Å²) in [5.41, 5.74) is 3.56. The molecular formula is C26H37N3O4S. The van der Waals surface area contributed by atoms with E-state index in [9.17, 15) is 9.11 Å². The smallest absolute Gasteiger partial charge is 0.128 e. The number of allylic oxidation sites excluding steroid dienone is 3. The molecule has 186 valence electrons. The first-order chi connectivity index (χ1) is 15.9. The van der Waals surface area contributed by atoms with Crippen molar-refractivity contribution >= 4 is 10.8 Å². The van der Waals surface area contributed by atoms with Gasteiger partial charge >= 0.3 is 0 Å². The molecule has 1 fully saturated rings. The van der Waals surface area contributed by atoms with Crippen molar-refractivity contribution in [3.63, 3.8) is 0 Å². The Bertz CT molecular complexity index is 996. The fraction of sp³-hybridized carbons (Fsp3) is 0.385. The summed E-state index contributed by atoms with van der Waals surface area (Å²) in [6.45, 7) is 16.9. The Balaban J connectivity index is 0.00000324. The molecule has 7 nitrogen and oxygen atoms in total. The second kappa shape index (κ2) is 11.3. The molecule has 1 atom stereocenters. The largest absolute Gasteiger partial charge is 0.493 e. The normalized spacial score (nSPS) is 18.8. The minimum atomic E-state index is -3.26. The molecule has 0 amide bonds. The highest BCUT2D eigenvalue weighted by Crippen LogP contribution is 2.51. The monoisotopic (exact) mass is 487 g/mol. The van der Waals surface area contributed by atoms with Gasteiger partial charge in [-0.15, -0.1) is 10.8 Å². The molecule has 0 aromatic heterocycles. The van der Waals surface area contributed by atoms with Crippen LogP contribution in [0.4, 0.5) is 0 Å². The van der Waals surface area contributed by atoms with E-state index in [-0.39, 0.29) is 13.5 Å². The number of benzene rings is 1. The lowest BCUT2D eigenvalue weighted by Crippen LogP contribution is -2.43. The van der Waals surface area contributed by atoms with Gasteiger partial charge in [-0.05, 0) is 29.3 Å². The summed E-state index contributed by atoms with van der Waals surface area (Å²) < 4.78 is 36.2. The zero-order valence-corrected chi connectivity index (χ0v) is 19.7. The Morgan fingerprint density at radius 1 is 1.29 bits per heavy atom. The molecule has 0 saturated carbocycles. The average Bonchev–Trinajstić information content (AvgIpc) is 3.44. The van der Waals surface area contributed by atoms with Crippen molar-refractivity contribution in [1.82, 2.24) is 14.9 Å². The van der Waals surface area contributed by atoms with Crippen LogP contribution in [-0.2, 0) is 17.7 Å². The van der Waals surface area contributed by atoms with Crippen LogP contribution in [0.15, 0.2) is 78.1 Å². The summed E-state index contributed by atoms with van der Waals surface area (Å²) in [5.74, 6) is 1.38. The maximum absolute atomic E-state index is 10.8. The summed E-state index contributed by atoms with van der Waals surface area (Å²) >= 11 is 0. The third kappa shape index (κ3) is 5.95. The second-order valence-corrected chi connectivity index (χ2v) is 10.2. The van der Waals surface area contributed by atoms with Gasteiger partial charge in [0.05, 0.1) is 11.5 Å². The Hall–Kier alpha value is -2.49. The van der Waals surface area contributed by atoms with Gasteiger partial charge in [-0.2, -0.15) is 0 Å². The quantitative estimate of drug-likeness (QED) is 0.355. The van der Waals surface area contributed by atoms with Crippen molar-refractivity contribution in [1.29, 1.82) is 0 Å². The van der Waals surface area contributed by atoms with E-state index in [2.05, 4.69) is 34.7 Å². The van der Waals surface area contributed by atoms with Crippen LogP contribution in [-0.4, -0.2) is 52.9 Å². The van der Waals surface area contributed by atoms with Crippen LogP contribution >= 0.6 is 10.8 Å². The molecule has 4 N–H and O–H groups in total. The van der Waals surface area contributed by atoms with Gasteiger partial charge in [0.15, 0.2) is 0 Å². The summed E-state index contributed by atoms with van der Waals surface area (Å²) in [7, 11) is -3.26. The third-order valence-corrected chi connectivity index (χ3v) is 7.61. The van der Waals surface area contributed by atoms with Gasteiger partial charge in [-0.3, -0.25) is 9.11 Å². The maximum atomic E-state index is 10.8. The molecular weight excluding hydrogens is 450 g/mol. The number of nitrogens with zero attached hydrogens (tertiary/aromatic N) is 1. The lowest BCUT2D eigenvalue weighted by molar-refractivity contribution is 0.151. The van der Waals surface area contributed by atoms with Crippen LogP contribution in [0.25, 0.3) is 0 Å². The van der Waals surface area contributed by atoms with Crippen molar-refractivity contribution in [2.75, 3.05) is 32.8 Å². The SMILES string of the molecule is C.C=C[C@H](CC(=C)N1CCNCC1)OC1=CC=C(S(O)(O)NCc2ccc3c(c2)OCC3)C1=C. The lowest BCUT2D eigenvalue weighted by atomic mass is 10.1. The maximum Gasteiger partial charge on any atom is 0.128 e. The Morgan fingerprint density at radius 3 is 2.79 bits per heavy atom. The summed E-state index contributed by atoms with van der Waals surface area (Å²) in [5, 5.41) is 3.33. The minimum absolute atomic E-state index is 0. The third-order valence-electron chi connectivity index (χ3n) is 6.07.